The maximum Gasteiger partial charge on any atom is 0.0643 e. The van der Waals surface area contributed by atoms with Crippen LogP contribution in [-0.2, 0) is 6.42 Å². The van der Waals surface area contributed by atoms with Crippen LogP contribution in [0.2, 0.25) is 0 Å². The second-order valence-corrected chi connectivity index (χ2v) is 5.35. The van der Waals surface area contributed by atoms with Crippen molar-refractivity contribution < 1.29 is 0 Å². The largest absolute Gasteiger partial charge is 0.310 e. The van der Waals surface area contributed by atoms with Crippen molar-refractivity contribution in [1.29, 1.82) is 0 Å². The fourth-order valence-corrected chi connectivity index (χ4v) is 2.71. The van der Waals surface area contributed by atoms with E-state index in [-0.39, 0.29) is 0 Å². The topological polar surface area (TPSA) is 42.7 Å². The van der Waals surface area contributed by atoms with E-state index in [1.54, 1.807) is 0 Å². The van der Waals surface area contributed by atoms with Crippen molar-refractivity contribution in [3.05, 3.63) is 48.0 Å². The monoisotopic (exact) mass is 286 g/mol. The standard InChI is InChI=1S/C17H26N4/c1-4-16(5-2)21-12-9-15(20-21)13-17(19-6-3)14-7-10-18-11-8-14/h7-12,16-17,19H,4-6,13H2,1-3H3. The lowest BCUT2D eigenvalue weighted by Crippen LogP contribution is -2.23. The van der Waals surface area contributed by atoms with Gasteiger partial charge in [-0.3, -0.25) is 9.67 Å². The Kier molecular flexibility index (Phi) is 5.93. The number of pyridine rings is 1. The Balaban J connectivity index is 2.11. The first-order chi connectivity index (χ1) is 10.3. The van der Waals surface area contributed by atoms with Gasteiger partial charge in [0.25, 0.3) is 0 Å². The zero-order valence-corrected chi connectivity index (χ0v) is 13.3. The molecule has 0 fully saturated rings. The molecule has 0 spiro atoms. The molecule has 2 rings (SSSR count). The van der Waals surface area contributed by atoms with Gasteiger partial charge in [0.15, 0.2) is 0 Å². The minimum absolute atomic E-state index is 0.294. The van der Waals surface area contributed by atoms with Crippen LogP contribution >= 0.6 is 0 Å². The lowest BCUT2D eigenvalue weighted by Gasteiger charge is -2.17. The minimum atomic E-state index is 0.294. The van der Waals surface area contributed by atoms with Gasteiger partial charge in [-0.25, -0.2) is 0 Å². The highest BCUT2D eigenvalue weighted by Gasteiger charge is 2.14. The van der Waals surface area contributed by atoms with E-state index in [4.69, 9.17) is 5.10 Å². The molecule has 4 nitrogen and oxygen atoms in total. The summed E-state index contributed by atoms with van der Waals surface area (Å²) in [5.41, 5.74) is 2.41. The maximum atomic E-state index is 4.76. The van der Waals surface area contributed by atoms with E-state index >= 15 is 0 Å². The van der Waals surface area contributed by atoms with Crippen LogP contribution in [0, 0.1) is 0 Å². The van der Waals surface area contributed by atoms with Crippen LogP contribution in [-0.4, -0.2) is 21.3 Å². The molecule has 114 valence electrons. The summed E-state index contributed by atoms with van der Waals surface area (Å²) in [7, 11) is 0. The van der Waals surface area contributed by atoms with Crippen LogP contribution in [0.15, 0.2) is 36.8 Å². The van der Waals surface area contributed by atoms with Crippen molar-refractivity contribution in [1.82, 2.24) is 20.1 Å². The van der Waals surface area contributed by atoms with Crippen molar-refractivity contribution in [2.24, 2.45) is 0 Å². The number of nitrogens with one attached hydrogen (secondary N) is 1. The van der Waals surface area contributed by atoms with E-state index < -0.39 is 0 Å². The molecule has 2 heterocycles. The molecule has 1 unspecified atom stereocenters. The molecule has 1 atom stereocenters. The fraction of sp³-hybridized carbons (Fsp3) is 0.529. The van der Waals surface area contributed by atoms with Gasteiger partial charge in [0.05, 0.1) is 11.7 Å². The average Bonchev–Trinajstić information content (AvgIpc) is 2.97. The molecule has 21 heavy (non-hydrogen) atoms. The van der Waals surface area contributed by atoms with Crippen molar-refractivity contribution >= 4 is 0 Å². The zero-order chi connectivity index (χ0) is 15.1. The summed E-state index contributed by atoms with van der Waals surface area (Å²) in [5.74, 6) is 0. The Labute approximate surface area is 127 Å². The highest BCUT2D eigenvalue weighted by Crippen LogP contribution is 2.19. The van der Waals surface area contributed by atoms with Crippen molar-refractivity contribution in [2.45, 2.75) is 52.1 Å². The van der Waals surface area contributed by atoms with Gasteiger partial charge in [0.2, 0.25) is 0 Å². The van der Waals surface area contributed by atoms with E-state index in [9.17, 15) is 0 Å². The Morgan fingerprint density at radius 2 is 1.81 bits per heavy atom. The summed E-state index contributed by atoms with van der Waals surface area (Å²) in [5, 5.41) is 8.30. The first-order valence-corrected chi connectivity index (χ1v) is 7.95. The predicted molar refractivity (Wildman–Crippen MR) is 86.2 cm³/mol. The number of hydrogen-bond acceptors (Lipinski definition) is 3. The first kappa shape index (κ1) is 15.7. The number of rotatable bonds is 8. The van der Waals surface area contributed by atoms with Crippen LogP contribution in [0.4, 0.5) is 0 Å². The first-order valence-electron chi connectivity index (χ1n) is 7.95. The molecule has 0 bridgehead atoms. The molecule has 0 saturated heterocycles. The van der Waals surface area contributed by atoms with Gasteiger partial charge in [-0.05, 0) is 43.1 Å². The fourth-order valence-electron chi connectivity index (χ4n) is 2.71. The zero-order valence-electron chi connectivity index (χ0n) is 13.3. The van der Waals surface area contributed by atoms with E-state index in [1.165, 1.54) is 5.56 Å². The SMILES string of the molecule is CCNC(Cc1ccn(C(CC)CC)n1)c1ccncc1. The molecule has 1 N–H and O–H groups in total. The van der Waals surface area contributed by atoms with Crippen LogP contribution in [0.3, 0.4) is 0 Å². The molecule has 2 aromatic heterocycles. The molecule has 0 radical (unpaired) electrons. The highest BCUT2D eigenvalue weighted by molar-refractivity contribution is 5.18. The quantitative estimate of drug-likeness (QED) is 0.807. The van der Waals surface area contributed by atoms with Crippen LogP contribution in [0.25, 0.3) is 0 Å². The third kappa shape index (κ3) is 4.14. The minimum Gasteiger partial charge on any atom is -0.310 e. The molecular formula is C17H26N4. The van der Waals surface area contributed by atoms with Crippen molar-refractivity contribution in [3.8, 4) is 0 Å². The van der Waals surface area contributed by atoms with Crippen molar-refractivity contribution in [3.63, 3.8) is 0 Å². The summed E-state index contributed by atoms with van der Waals surface area (Å²) in [6.45, 7) is 7.51. The maximum absolute atomic E-state index is 4.76. The molecule has 0 aliphatic carbocycles. The van der Waals surface area contributed by atoms with Crippen LogP contribution < -0.4 is 5.32 Å². The third-order valence-corrected chi connectivity index (χ3v) is 3.95. The van der Waals surface area contributed by atoms with Gasteiger partial charge in [-0.2, -0.15) is 5.10 Å². The van der Waals surface area contributed by atoms with Crippen molar-refractivity contribution in [2.75, 3.05) is 6.54 Å². The highest BCUT2D eigenvalue weighted by atomic mass is 15.3. The summed E-state index contributed by atoms with van der Waals surface area (Å²) >= 11 is 0. The normalized spacial score (nSPS) is 12.8. The molecule has 0 aromatic carbocycles. The molecule has 0 aliphatic rings. The summed E-state index contributed by atoms with van der Waals surface area (Å²) in [6, 6.07) is 7.10. The second-order valence-electron chi connectivity index (χ2n) is 5.35. The molecule has 0 amide bonds. The van der Waals surface area contributed by atoms with Gasteiger partial charge in [0, 0.05) is 31.1 Å². The Morgan fingerprint density at radius 1 is 1.10 bits per heavy atom. The molecule has 4 heteroatoms. The van der Waals surface area contributed by atoms with E-state index in [2.05, 4.69) is 60.1 Å². The Hall–Kier alpha value is -1.68. The Bertz CT molecular complexity index is 517. The number of hydrogen-bond donors (Lipinski definition) is 1. The summed E-state index contributed by atoms with van der Waals surface area (Å²) in [4.78, 5) is 4.10. The molecular weight excluding hydrogens is 260 g/mol. The number of aromatic nitrogens is 3. The van der Waals surface area contributed by atoms with E-state index in [1.807, 2.05) is 12.4 Å². The van der Waals surface area contributed by atoms with E-state index in [0.717, 1.165) is 31.5 Å². The van der Waals surface area contributed by atoms with Gasteiger partial charge >= 0.3 is 0 Å². The lowest BCUT2D eigenvalue weighted by molar-refractivity contribution is 0.422. The predicted octanol–water partition coefficient (Wildman–Crippen LogP) is 3.53. The molecule has 0 saturated carbocycles. The summed E-state index contributed by atoms with van der Waals surface area (Å²) in [6.07, 6.45) is 8.97. The average molecular weight is 286 g/mol. The number of likely N-dealkylation sites (N-methyl/N-ethyl adjacent to an activating group) is 1. The third-order valence-electron chi connectivity index (χ3n) is 3.95. The Morgan fingerprint density at radius 3 is 2.43 bits per heavy atom. The van der Waals surface area contributed by atoms with E-state index in [0.29, 0.717) is 12.1 Å². The molecule has 0 aliphatic heterocycles. The lowest BCUT2D eigenvalue weighted by atomic mass is 10.0. The number of nitrogens with zero attached hydrogens (tertiary/aromatic N) is 3. The van der Waals surface area contributed by atoms with Gasteiger partial charge < -0.3 is 5.32 Å². The van der Waals surface area contributed by atoms with Gasteiger partial charge in [-0.1, -0.05) is 20.8 Å². The van der Waals surface area contributed by atoms with Gasteiger partial charge in [0.1, 0.15) is 0 Å². The summed E-state index contributed by atoms with van der Waals surface area (Å²) < 4.78 is 2.12. The van der Waals surface area contributed by atoms with Crippen LogP contribution in [0.5, 0.6) is 0 Å². The second kappa shape index (κ2) is 7.93. The van der Waals surface area contributed by atoms with Gasteiger partial charge in [-0.15, -0.1) is 0 Å². The molecule has 2 aromatic rings. The van der Waals surface area contributed by atoms with Crippen LogP contribution in [0.1, 0.15) is 57.0 Å². The smallest absolute Gasteiger partial charge is 0.0643 e.